The van der Waals surface area contributed by atoms with Crippen molar-refractivity contribution in [2.24, 2.45) is 23.7 Å². The van der Waals surface area contributed by atoms with Gasteiger partial charge in [0.2, 0.25) is 0 Å². The summed E-state index contributed by atoms with van der Waals surface area (Å²) in [5, 5.41) is 0. The molecular weight excluding hydrogens is 316 g/mol. The molecule has 0 radical (unpaired) electrons. The molecule has 4 aliphatic rings. The monoisotopic (exact) mass is 344 g/mol. The summed E-state index contributed by atoms with van der Waals surface area (Å²) in [6, 6.07) is 11.6. The third kappa shape index (κ3) is 2.30. The second kappa shape index (κ2) is 5.90. The highest BCUT2D eigenvalue weighted by atomic mass is 14.8. The molecule has 0 N–H and O–H groups in total. The summed E-state index contributed by atoms with van der Waals surface area (Å²) in [5.74, 6) is 5.13. The van der Waals surface area contributed by atoms with Crippen molar-refractivity contribution < 1.29 is 0 Å². The topological polar surface area (TPSA) is 25.8 Å². The highest BCUT2D eigenvalue weighted by Crippen LogP contribution is 2.55. The van der Waals surface area contributed by atoms with E-state index in [9.17, 15) is 0 Å². The molecule has 6 rings (SSSR count). The number of benzene rings is 1. The lowest BCUT2D eigenvalue weighted by atomic mass is 9.88. The van der Waals surface area contributed by atoms with Gasteiger partial charge in [-0.3, -0.25) is 0 Å². The first-order valence-corrected chi connectivity index (χ1v) is 10.8. The van der Waals surface area contributed by atoms with Gasteiger partial charge >= 0.3 is 0 Å². The van der Waals surface area contributed by atoms with E-state index in [1.54, 1.807) is 5.56 Å². The second-order valence-electron chi connectivity index (χ2n) is 9.35. The van der Waals surface area contributed by atoms with Crippen LogP contribution in [0.1, 0.15) is 74.5 Å². The van der Waals surface area contributed by atoms with E-state index >= 15 is 0 Å². The summed E-state index contributed by atoms with van der Waals surface area (Å²) in [6.45, 7) is 0. The van der Waals surface area contributed by atoms with Crippen molar-refractivity contribution in [3.63, 3.8) is 0 Å². The van der Waals surface area contributed by atoms with E-state index in [1.165, 1.54) is 62.6 Å². The van der Waals surface area contributed by atoms with Crippen LogP contribution in [0.4, 0.5) is 0 Å². The van der Waals surface area contributed by atoms with Gasteiger partial charge in [0, 0.05) is 17.2 Å². The van der Waals surface area contributed by atoms with Gasteiger partial charge in [0.25, 0.3) is 0 Å². The quantitative estimate of drug-likeness (QED) is 0.687. The smallest absolute Gasteiger partial charge is 0.116 e. The number of aromatic nitrogens is 2. The number of hydrogen-bond donors (Lipinski definition) is 0. The molecule has 0 saturated heterocycles. The van der Waals surface area contributed by atoms with Crippen LogP contribution in [0.5, 0.6) is 0 Å². The van der Waals surface area contributed by atoms with Gasteiger partial charge in [-0.15, -0.1) is 0 Å². The minimum atomic E-state index is 0.700. The maximum Gasteiger partial charge on any atom is 0.116 e. The van der Waals surface area contributed by atoms with Crippen LogP contribution in [-0.4, -0.2) is 9.97 Å². The second-order valence-corrected chi connectivity index (χ2v) is 9.35. The van der Waals surface area contributed by atoms with Crippen LogP contribution in [0.15, 0.2) is 36.7 Å². The first-order chi connectivity index (χ1) is 12.9. The van der Waals surface area contributed by atoms with Crippen molar-refractivity contribution >= 4 is 0 Å². The van der Waals surface area contributed by atoms with Crippen molar-refractivity contribution in [3.05, 3.63) is 47.9 Å². The Hall–Kier alpha value is -1.70. The molecule has 2 heteroatoms. The maximum absolute atomic E-state index is 4.71. The minimum absolute atomic E-state index is 0.700. The minimum Gasteiger partial charge on any atom is -0.241 e. The lowest BCUT2D eigenvalue weighted by Gasteiger charge is -2.18. The molecule has 4 fully saturated rings. The molecule has 26 heavy (non-hydrogen) atoms. The van der Waals surface area contributed by atoms with Crippen LogP contribution in [0, 0.1) is 23.7 Å². The molecule has 0 amide bonds. The number of nitrogens with zero attached hydrogens (tertiary/aromatic N) is 2. The van der Waals surface area contributed by atoms with Crippen molar-refractivity contribution in [2.75, 3.05) is 0 Å². The molecule has 0 spiro atoms. The molecule has 0 atom stereocenters. The molecule has 1 aromatic heterocycles. The Morgan fingerprint density at radius 3 is 1.92 bits per heavy atom. The summed E-state index contributed by atoms with van der Waals surface area (Å²) >= 11 is 0. The molecular formula is C24H28N2. The normalized spacial score (nSPS) is 37.5. The molecule has 4 aliphatic carbocycles. The van der Waals surface area contributed by atoms with Gasteiger partial charge in [0.1, 0.15) is 6.33 Å². The molecule has 2 nitrogen and oxygen atoms in total. The number of fused-ring (bicyclic) bond motifs is 4. The third-order valence-corrected chi connectivity index (χ3v) is 8.26. The van der Waals surface area contributed by atoms with Gasteiger partial charge < -0.3 is 0 Å². The van der Waals surface area contributed by atoms with Crippen LogP contribution >= 0.6 is 0 Å². The van der Waals surface area contributed by atoms with Crippen LogP contribution < -0.4 is 0 Å². The van der Waals surface area contributed by atoms with E-state index in [1.807, 2.05) is 6.33 Å². The van der Waals surface area contributed by atoms with Gasteiger partial charge in [-0.2, -0.15) is 0 Å². The zero-order chi connectivity index (χ0) is 17.1. The summed E-state index contributed by atoms with van der Waals surface area (Å²) in [4.78, 5) is 9.37. The lowest BCUT2D eigenvalue weighted by Crippen LogP contribution is -2.07. The molecule has 4 bridgehead atoms. The summed E-state index contributed by atoms with van der Waals surface area (Å²) in [5.41, 5.74) is 5.30. The van der Waals surface area contributed by atoms with Crippen molar-refractivity contribution in [1.29, 1.82) is 0 Å². The van der Waals surface area contributed by atoms with Crippen LogP contribution in [0.2, 0.25) is 0 Å². The first-order valence-electron chi connectivity index (χ1n) is 10.8. The molecule has 0 unspecified atom stereocenters. The highest BCUT2D eigenvalue weighted by molar-refractivity contribution is 5.60. The zero-order valence-corrected chi connectivity index (χ0v) is 15.5. The SMILES string of the molecule is c1cc(-c2cc(C3C4CCC3CC4)ncn2)cc(C2C3CCC2CC3)c1. The van der Waals surface area contributed by atoms with Gasteiger partial charge in [0.05, 0.1) is 5.69 Å². The predicted octanol–water partition coefficient (Wildman–Crippen LogP) is 5.95. The summed E-state index contributed by atoms with van der Waals surface area (Å²) < 4.78 is 0. The first kappa shape index (κ1) is 15.4. The third-order valence-electron chi connectivity index (χ3n) is 8.26. The van der Waals surface area contributed by atoms with E-state index in [-0.39, 0.29) is 0 Å². The lowest BCUT2D eigenvalue weighted by molar-refractivity contribution is 0.480. The van der Waals surface area contributed by atoms with E-state index in [0.717, 1.165) is 35.3 Å². The fourth-order valence-corrected chi connectivity index (χ4v) is 7.14. The Morgan fingerprint density at radius 2 is 1.27 bits per heavy atom. The summed E-state index contributed by atoms with van der Waals surface area (Å²) in [6.07, 6.45) is 13.2. The molecule has 2 aromatic rings. The fraction of sp³-hybridized carbons (Fsp3) is 0.583. The zero-order valence-electron chi connectivity index (χ0n) is 15.5. The Morgan fingerprint density at radius 1 is 0.654 bits per heavy atom. The molecule has 1 heterocycles. The van der Waals surface area contributed by atoms with Gasteiger partial charge in [-0.25, -0.2) is 9.97 Å². The van der Waals surface area contributed by atoms with Crippen molar-refractivity contribution in [1.82, 2.24) is 9.97 Å². The largest absolute Gasteiger partial charge is 0.241 e. The van der Waals surface area contributed by atoms with Crippen LogP contribution in [0.25, 0.3) is 11.3 Å². The average Bonchev–Trinajstić information content (AvgIpc) is 3.48. The molecule has 134 valence electrons. The predicted molar refractivity (Wildman–Crippen MR) is 104 cm³/mol. The van der Waals surface area contributed by atoms with Crippen molar-refractivity contribution in [2.45, 2.75) is 63.2 Å². The van der Waals surface area contributed by atoms with Gasteiger partial charge in [-0.1, -0.05) is 18.2 Å². The van der Waals surface area contributed by atoms with Gasteiger partial charge in [0.15, 0.2) is 0 Å². The van der Waals surface area contributed by atoms with Gasteiger partial charge in [-0.05, 0) is 98.7 Å². The highest BCUT2D eigenvalue weighted by Gasteiger charge is 2.43. The van der Waals surface area contributed by atoms with E-state index < -0.39 is 0 Å². The van der Waals surface area contributed by atoms with Crippen LogP contribution in [0.3, 0.4) is 0 Å². The molecule has 1 aromatic carbocycles. The number of hydrogen-bond acceptors (Lipinski definition) is 2. The van der Waals surface area contributed by atoms with Crippen LogP contribution in [-0.2, 0) is 0 Å². The van der Waals surface area contributed by atoms with E-state index in [4.69, 9.17) is 4.98 Å². The Labute approximate surface area is 156 Å². The fourth-order valence-electron chi connectivity index (χ4n) is 7.14. The maximum atomic E-state index is 4.71. The van der Waals surface area contributed by atoms with E-state index in [2.05, 4.69) is 35.3 Å². The van der Waals surface area contributed by atoms with Crippen molar-refractivity contribution in [3.8, 4) is 11.3 Å². The standard InChI is InChI=1S/C24H28N2/c1-2-19(12-20(3-1)23-15-4-5-16(23)7-6-15)21-13-22(26-14-25-21)24-17-8-9-18(24)11-10-17/h1-3,12-18,23-24H,4-11H2. The van der Waals surface area contributed by atoms with E-state index in [0.29, 0.717) is 5.92 Å². The average molecular weight is 345 g/mol. The molecule has 0 aliphatic heterocycles. The Bertz CT molecular complexity index is 719. The Balaban J connectivity index is 1.34. The molecule has 4 saturated carbocycles. The number of rotatable bonds is 3. The Kier molecular flexibility index (Phi) is 3.49. The summed E-state index contributed by atoms with van der Waals surface area (Å²) in [7, 11) is 0.